The molecule has 0 amide bonds. The minimum atomic E-state index is 0.691. The topological polar surface area (TPSA) is 61.9 Å². The van der Waals surface area contributed by atoms with Crippen LogP contribution in [0.4, 0.5) is 0 Å². The van der Waals surface area contributed by atoms with Gasteiger partial charge in [0.1, 0.15) is 28.1 Å². The fourth-order valence-corrected chi connectivity index (χ4v) is 11.7. The number of furan rings is 2. The van der Waals surface area contributed by atoms with Crippen LogP contribution in [0.25, 0.3) is 155 Å². The van der Waals surface area contributed by atoms with E-state index in [1.165, 1.54) is 5.39 Å². The fourth-order valence-electron chi connectivity index (χ4n) is 11.7. The van der Waals surface area contributed by atoms with E-state index in [9.17, 15) is 0 Å². The largest absolute Gasteiger partial charge is 0.455 e. The molecular formula is C68H40N4O2. The van der Waals surface area contributed by atoms with Gasteiger partial charge < -0.3 is 13.4 Å². The maximum Gasteiger partial charge on any atom is 0.162 e. The molecule has 344 valence electrons. The number of rotatable bonds is 6. The molecule has 0 unspecified atom stereocenters. The SMILES string of the molecule is c1ccc(-c2nc(-n3c4ccccc4c4ccc(-c5ccc6c7cc(-c8cccc9c8oc8ccccc89)ccc7n(-c7ccc(-c8cccc9c8oc8ccccc89)cc7)c6c5)cc43)c3ccccc3n2)cc1. The van der Waals surface area contributed by atoms with Crippen molar-refractivity contribution in [1.29, 1.82) is 0 Å². The molecule has 11 aromatic carbocycles. The molecule has 0 aliphatic rings. The van der Waals surface area contributed by atoms with Crippen LogP contribution in [0.3, 0.4) is 0 Å². The molecule has 0 saturated carbocycles. The molecule has 0 radical (unpaired) electrons. The Hall–Kier alpha value is -10.0. The first kappa shape index (κ1) is 40.7. The zero-order chi connectivity index (χ0) is 48.4. The molecule has 74 heavy (non-hydrogen) atoms. The van der Waals surface area contributed by atoms with E-state index in [-0.39, 0.29) is 0 Å². The Morgan fingerprint density at radius 3 is 1.50 bits per heavy atom. The summed E-state index contributed by atoms with van der Waals surface area (Å²) in [4.78, 5) is 10.4. The first-order valence-electron chi connectivity index (χ1n) is 25.0. The quantitative estimate of drug-likeness (QED) is 0.167. The van der Waals surface area contributed by atoms with Crippen molar-refractivity contribution in [2.24, 2.45) is 0 Å². The second kappa shape index (κ2) is 15.7. The van der Waals surface area contributed by atoms with Crippen molar-refractivity contribution >= 4 is 98.4 Å². The standard InChI is InChI=1S/C68H40N4O2/c1-2-14-42(15-3-1)67-69-58-24-8-4-19-56(58)68(70-67)72-59-25-9-5-16-49(59)50-35-30-44(40-62(50)72)43-31-36-51-57-38-45(48-21-13-23-55-53-18-7-11-27-64(53)74-66(48)55)32-37-60(57)71(61(51)39-43)46-33-28-41(29-34-46)47-20-12-22-54-52-17-6-10-26-63(52)73-65(47)54/h1-40H. The molecule has 6 nitrogen and oxygen atoms in total. The van der Waals surface area contributed by atoms with Crippen LogP contribution in [-0.2, 0) is 0 Å². The Kier molecular flexibility index (Phi) is 8.64. The van der Waals surface area contributed by atoms with Gasteiger partial charge in [0.2, 0.25) is 0 Å². The summed E-state index contributed by atoms with van der Waals surface area (Å²) in [6.45, 7) is 0. The maximum atomic E-state index is 6.58. The molecule has 16 aromatic rings. The van der Waals surface area contributed by atoms with E-state index in [1.807, 2.05) is 48.5 Å². The van der Waals surface area contributed by atoms with Crippen LogP contribution in [0.1, 0.15) is 0 Å². The number of benzene rings is 11. The van der Waals surface area contributed by atoms with Crippen molar-refractivity contribution in [1.82, 2.24) is 19.1 Å². The van der Waals surface area contributed by atoms with Crippen LogP contribution in [0.15, 0.2) is 251 Å². The Labute approximate surface area is 423 Å². The summed E-state index contributed by atoms with van der Waals surface area (Å²) in [5, 5.41) is 10.1. The van der Waals surface area contributed by atoms with Crippen molar-refractivity contribution in [3.63, 3.8) is 0 Å². The van der Waals surface area contributed by atoms with Crippen molar-refractivity contribution in [3.05, 3.63) is 243 Å². The highest BCUT2D eigenvalue weighted by molar-refractivity contribution is 6.15. The molecule has 0 fully saturated rings. The van der Waals surface area contributed by atoms with E-state index in [0.717, 1.165) is 143 Å². The second-order valence-electron chi connectivity index (χ2n) is 19.2. The molecule has 0 bridgehead atoms. The minimum Gasteiger partial charge on any atom is -0.455 e. The molecule has 0 atom stereocenters. The molecule has 5 aromatic heterocycles. The van der Waals surface area contributed by atoms with Crippen LogP contribution >= 0.6 is 0 Å². The lowest BCUT2D eigenvalue weighted by Gasteiger charge is -2.13. The average Bonchev–Trinajstić information content (AvgIpc) is 4.23. The third-order valence-corrected chi connectivity index (χ3v) is 15.2. The molecule has 0 N–H and O–H groups in total. The van der Waals surface area contributed by atoms with E-state index in [0.29, 0.717) is 5.82 Å². The number of hydrogen-bond donors (Lipinski definition) is 0. The van der Waals surface area contributed by atoms with Gasteiger partial charge in [-0.2, -0.15) is 0 Å². The number of fused-ring (bicyclic) bond motifs is 13. The number of nitrogens with zero attached hydrogens (tertiary/aromatic N) is 4. The zero-order valence-electron chi connectivity index (χ0n) is 39.7. The molecule has 5 heterocycles. The van der Waals surface area contributed by atoms with Crippen LogP contribution in [0.2, 0.25) is 0 Å². The summed E-state index contributed by atoms with van der Waals surface area (Å²) in [6.07, 6.45) is 0. The summed E-state index contributed by atoms with van der Waals surface area (Å²) in [7, 11) is 0. The summed E-state index contributed by atoms with van der Waals surface area (Å²) in [6, 6.07) is 86.3. The van der Waals surface area contributed by atoms with Gasteiger partial charge in [0, 0.05) is 70.9 Å². The van der Waals surface area contributed by atoms with Gasteiger partial charge in [-0.25, -0.2) is 9.97 Å². The monoisotopic (exact) mass is 944 g/mol. The van der Waals surface area contributed by atoms with E-state index < -0.39 is 0 Å². The van der Waals surface area contributed by atoms with Gasteiger partial charge in [0.15, 0.2) is 5.82 Å². The Morgan fingerprint density at radius 2 is 0.797 bits per heavy atom. The number of aromatic nitrogens is 4. The predicted octanol–water partition coefficient (Wildman–Crippen LogP) is 18.3. The van der Waals surface area contributed by atoms with E-state index in [2.05, 4.69) is 203 Å². The van der Waals surface area contributed by atoms with Crippen molar-refractivity contribution in [2.75, 3.05) is 0 Å². The second-order valence-corrected chi connectivity index (χ2v) is 19.2. The third-order valence-electron chi connectivity index (χ3n) is 15.2. The van der Waals surface area contributed by atoms with Gasteiger partial charge in [0.05, 0.1) is 27.6 Å². The van der Waals surface area contributed by atoms with Crippen molar-refractivity contribution in [3.8, 4) is 56.3 Å². The van der Waals surface area contributed by atoms with Crippen molar-refractivity contribution in [2.45, 2.75) is 0 Å². The van der Waals surface area contributed by atoms with Gasteiger partial charge in [0.25, 0.3) is 0 Å². The van der Waals surface area contributed by atoms with Gasteiger partial charge in [-0.1, -0.05) is 176 Å². The molecule has 16 rings (SSSR count). The van der Waals surface area contributed by atoms with E-state index in [1.54, 1.807) is 0 Å². The minimum absolute atomic E-state index is 0.691. The first-order chi connectivity index (χ1) is 36.7. The number of para-hydroxylation sites is 6. The lowest BCUT2D eigenvalue weighted by molar-refractivity contribution is 0.669. The first-order valence-corrected chi connectivity index (χ1v) is 25.0. The summed E-state index contributed by atoms with van der Waals surface area (Å²) < 4.78 is 17.8. The van der Waals surface area contributed by atoms with E-state index in [4.69, 9.17) is 18.8 Å². The Morgan fingerprint density at radius 1 is 0.284 bits per heavy atom. The highest BCUT2D eigenvalue weighted by Gasteiger charge is 2.21. The zero-order valence-corrected chi connectivity index (χ0v) is 39.7. The predicted molar refractivity (Wildman–Crippen MR) is 305 cm³/mol. The fraction of sp³-hybridized carbons (Fsp3) is 0. The highest BCUT2D eigenvalue weighted by atomic mass is 16.3. The van der Waals surface area contributed by atoms with Crippen LogP contribution < -0.4 is 0 Å². The molecular weight excluding hydrogens is 905 g/mol. The molecule has 6 heteroatoms. The summed E-state index contributed by atoms with van der Waals surface area (Å²) in [5.41, 5.74) is 17.5. The van der Waals surface area contributed by atoms with Gasteiger partial charge in [-0.05, 0) is 89.0 Å². The van der Waals surface area contributed by atoms with Crippen LogP contribution in [0.5, 0.6) is 0 Å². The molecule has 0 aliphatic heterocycles. The summed E-state index contributed by atoms with van der Waals surface area (Å²) >= 11 is 0. The lowest BCUT2D eigenvalue weighted by atomic mass is 9.99. The Bertz CT molecular complexity index is 4960. The van der Waals surface area contributed by atoms with Gasteiger partial charge in [-0.3, -0.25) is 4.57 Å². The van der Waals surface area contributed by atoms with E-state index >= 15 is 0 Å². The highest BCUT2D eigenvalue weighted by Crippen LogP contribution is 2.43. The smallest absolute Gasteiger partial charge is 0.162 e. The van der Waals surface area contributed by atoms with Gasteiger partial charge in [-0.15, -0.1) is 0 Å². The van der Waals surface area contributed by atoms with Crippen molar-refractivity contribution < 1.29 is 8.83 Å². The average molecular weight is 945 g/mol. The number of hydrogen-bond acceptors (Lipinski definition) is 4. The maximum absolute atomic E-state index is 6.58. The van der Waals surface area contributed by atoms with Crippen LogP contribution in [0, 0.1) is 0 Å². The summed E-state index contributed by atoms with van der Waals surface area (Å²) in [5.74, 6) is 1.54. The normalized spacial score (nSPS) is 12.1. The Balaban J connectivity index is 0.899. The van der Waals surface area contributed by atoms with Crippen LogP contribution in [-0.4, -0.2) is 19.1 Å². The lowest BCUT2D eigenvalue weighted by Crippen LogP contribution is -2.02. The molecule has 0 saturated heterocycles. The molecule has 0 aliphatic carbocycles. The van der Waals surface area contributed by atoms with Gasteiger partial charge >= 0.3 is 0 Å². The third kappa shape index (κ3) is 6.06. The molecule has 0 spiro atoms.